The second-order valence-corrected chi connectivity index (χ2v) is 7.08. The molecule has 3 rings (SSSR count). The minimum Gasteiger partial charge on any atom is -0.293 e. The third-order valence-electron chi connectivity index (χ3n) is 4.25. The van der Waals surface area contributed by atoms with Gasteiger partial charge in [0.1, 0.15) is 17.7 Å². The normalized spacial score (nSPS) is 10.9. The monoisotopic (exact) mass is 437 g/mol. The lowest BCUT2D eigenvalue weighted by molar-refractivity contribution is -0.386. The Morgan fingerprint density at radius 2 is 1.93 bits per heavy atom. The number of amides is 1. The molecule has 0 saturated carbocycles. The zero-order chi connectivity index (χ0) is 21.1. The van der Waals surface area contributed by atoms with Crippen molar-refractivity contribution in [3.05, 3.63) is 61.6 Å². The fraction of sp³-hybridized carbons (Fsp3) is 0.294. The van der Waals surface area contributed by atoms with E-state index in [2.05, 4.69) is 20.5 Å². The molecule has 12 heteroatoms. The van der Waals surface area contributed by atoms with Crippen LogP contribution < -0.4 is 5.32 Å². The van der Waals surface area contributed by atoms with E-state index in [0.29, 0.717) is 33.5 Å². The molecule has 0 aliphatic heterocycles. The molecule has 0 radical (unpaired) electrons. The number of hydrogen-bond donors (Lipinski definition) is 1. The van der Waals surface area contributed by atoms with Gasteiger partial charge in [0.25, 0.3) is 0 Å². The number of rotatable bonds is 7. The predicted octanol–water partition coefficient (Wildman–Crippen LogP) is 3.38. The summed E-state index contributed by atoms with van der Waals surface area (Å²) in [6.45, 7) is 3.65. The molecule has 0 bridgehead atoms. The van der Waals surface area contributed by atoms with E-state index in [-0.39, 0.29) is 30.5 Å². The first-order chi connectivity index (χ1) is 13.8. The summed E-state index contributed by atoms with van der Waals surface area (Å²) < 4.78 is 2.95. The van der Waals surface area contributed by atoms with E-state index in [1.165, 1.54) is 15.7 Å². The second-order valence-electron chi connectivity index (χ2n) is 6.26. The zero-order valence-electron chi connectivity index (χ0n) is 15.6. The molecule has 152 valence electrons. The molecular formula is C17H17Cl2N7O3. The number of carbonyl (C=O) groups excluding carboxylic acids is 1. The molecule has 0 spiro atoms. The average molecular weight is 438 g/mol. The van der Waals surface area contributed by atoms with Crippen molar-refractivity contribution in [1.29, 1.82) is 0 Å². The van der Waals surface area contributed by atoms with Gasteiger partial charge in [-0.15, -0.1) is 5.10 Å². The maximum atomic E-state index is 12.2. The topological polar surface area (TPSA) is 121 Å². The van der Waals surface area contributed by atoms with Gasteiger partial charge in [-0.25, -0.2) is 9.67 Å². The number of halogens is 2. The summed E-state index contributed by atoms with van der Waals surface area (Å²) >= 11 is 12.3. The number of anilines is 1. The van der Waals surface area contributed by atoms with Gasteiger partial charge in [-0.2, -0.15) is 5.10 Å². The lowest BCUT2D eigenvalue weighted by atomic mass is 10.2. The Morgan fingerprint density at radius 1 is 1.24 bits per heavy atom. The van der Waals surface area contributed by atoms with Crippen LogP contribution in [0.3, 0.4) is 0 Å². The summed E-state index contributed by atoms with van der Waals surface area (Å²) in [6.07, 6.45) is 1.52. The predicted molar refractivity (Wildman–Crippen MR) is 107 cm³/mol. The summed E-state index contributed by atoms with van der Waals surface area (Å²) in [5.41, 5.74) is 1.37. The van der Waals surface area contributed by atoms with Crippen LogP contribution in [0.15, 0.2) is 24.5 Å². The minimum atomic E-state index is -0.476. The Bertz CT molecular complexity index is 1060. The van der Waals surface area contributed by atoms with Gasteiger partial charge in [-0.1, -0.05) is 29.3 Å². The highest BCUT2D eigenvalue weighted by Gasteiger charge is 2.22. The van der Waals surface area contributed by atoms with Gasteiger partial charge < -0.3 is 0 Å². The molecule has 1 amide bonds. The van der Waals surface area contributed by atoms with Crippen molar-refractivity contribution in [2.24, 2.45) is 0 Å². The van der Waals surface area contributed by atoms with Crippen molar-refractivity contribution >= 4 is 40.7 Å². The lowest BCUT2D eigenvalue weighted by Gasteiger charge is -2.06. The molecule has 2 aromatic heterocycles. The van der Waals surface area contributed by atoms with E-state index < -0.39 is 4.92 Å². The molecule has 0 unspecified atom stereocenters. The van der Waals surface area contributed by atoms with Gasteiger partial charge in [-0.05, 0) is 26.0 Å². The van der Waals surface area contributed by atoms with Crippen LogP contribution in [0.4, 0.5) is 11.6 Å². The average Bonchev–Trinajstić information content (AvgIpc) is 3.20. The first-order valence-electron chi connectivity index (χ1n) is 8.57. The van der Waals surface area contributed by atoms with Crippen LogP contribution in [0.25, 0.3) is 0 Å². The fourth-order valence-electron chi connectivity index (χ4n) is 2.84. The minimum absolute atomic E-state index is 0.0379. The summed E-state index contributed by atoms with van der Waals surface area (Å²) in [4.78, 5) is 26.8. The number of hydrogen-bond acceptors (Lipinski definition) is 6. The van der Waals surface area contributed by atoms with Gasteiger partial charge in [0, 0.05) is 22.0 Å². The van der Waals surface area contributed by atoms with E-state index in [1.54, 1.807) is 32.0 Å². The van der Waals surface area contributed by atoms with Crippen LogP contribution in [0.1, 0.15) is 23.4 Å². The fourth-order valence-corrected chi connectivity index (χ4v) is 3.35. The van der Waals surface area contributed by atoms with Gasteiger partial charge in [0.05, 0.1) is 18.0 Å². The van der Waals surface area contributed by atoms with Gasteiger partial charge in [0.2, 0.25) is 11.9 Å². The molecular weight excluding hydrogens is 421 g/mol. The molecule has 0 atom stereocenters. The number of nitrogens with zero attached hydrogens (tertiary/aromatic N) is 6. The molecule has 0 fully saturated rings. The smallest absolute Gasteiger partial charge is 0.293 e. The Labute approximate surface area is 175 Å². The molecule has 10 nitrogen and oxygen atoms in total. The standard InChI is InChI=1S/C17H17Cl2N7O3/c1-10-16(26(28)29)11(2)25(22-10)7-6-15(27)21-17-20-9-24(23-17)8-12-13(18)4-3-5-14(12)19/h3-5,9H,6-8H2,1-2H3,(H,21,23,27). The number of carbonyl (C=O) groups is 1. The quantitative estimate of drug-likeness (QED) is 0.446. The molecule has 1 N–H and O–H groups in total. The van der Waals surface area contributed by atoms with Crippen LogP contribution in [0, 0.1) is 24.0 Å². The van der Waals surface area contributed by atoms with Gasteiger partial charge in [-0.3, -0.25) is 24.9 Å². The molecule has 29 heavy (non-hydrogen) atoms. The van der Waals surface area contributed by atoms with E-state index in [9.17, 15) is 14.9 Å². The molecule has 1 aromatic carbocycles. The summed E-state index contributed by atoms with van der Waals surface area (Å²) in [5.74, 6) is -0.203. The zero-order valence-corrected chi connectivity index (χ0v) is 17.1. The van der Waals surface area contributed by atoms with Crippen LogP contribution >= 0.6 is 23.2 Å². The highest BCUT2D eigenvalue weighted by Crippen LogP contribution is 2.25. The van der Waals surface area contributed by atoms with E-state index in [0.717, 1.165) is 0 Å². The first-order valence-corrected chi connectivity index (χ1v) is 9.32. The summed E-state index contributed by atoms with van der Waals surface area (Å²) in [5, 5.41) is 23.0. The Kier molecular flexibility index (Phi) is 6.14. The van der Waals surface area contributed by atoms with Crippen LogP contribution in [-0.2, 0) is 17.9 Å². The SMILES string of the molecule is Cc1nn(CCC(=O)Nc2ncn(Cc3c(Cl)cccc3Cl)n2)c(C)c1[N+](=O)[O-]. The third kappa shape index (κ3) is 4.72. The number of benzene rings is 1. The maximum absolute atomic E-state index is 12.2. The van der Waals surface area contributed by atoms with Crippen LogP contribution in [0.2, 0.25) is 10.0 Å². The highest BCUT2D eigenvalue weighted by molar-refractivity contribution is 6.35. The largest absolute Gasteiger partial charge is 0.312 e. The van der Waals surface area contributed by atoms with E-state index >= 15 is 0 Å². The lowest BCUT2D eigenvalue weighted by Crippen LogP contribution is -2.16. The van der Waals surface area contributed by atoms with Crippen LogP contribution in [0.5, 0.6) is 0 Å². The van der Waals surface area contributed by atoms with Gasteiger partial charge >= 0.3 is 5.69 Å². The summed E-state index contributed by atoms with van der Waals surface area (Å²) in [6, 6.07) is 5.20. The molecule has 0 saturated heterocycles. The number of nitrogens with one attached hydrogen (secondary N) is 1. The van der Waals surface area contributed by atoms with Crippen molar-refractivity contribution in [2.45, 2.75) is 33.4 Å². The Morgan fingerprint density at radius 3 is 2.55 bits per heavy atom. The number of nitro groups is 1. The Balaban J connectivity index is 1.60. The maximum Gasteiger partial charge on any atom is 0.312 e. The second kappa shape index (κ2) is 8.58. The van der Waals surface area contributed by atoms with E-state index in [4.69, 9.17) is 23.2 Å². The summed E-state index contributed by atoms with van der Waals surface area (Å²) in [7, 11) is 0. The van der Waals surface area contributed by atoms with Crippen molar-refractivity contribution in [3.8, 4) is 0 Å². The molecule has 0 aliphatic carbocycles. The number of aryl methyl sites for hydroxylation is 2. The first kappa shape index (κ1) is 20.7. The highest BCUT2D eigenvalue weighted by atomic mass is 35.5. The van der Waals surface area contributed by atoms with E-state index in [1.807, 2.05) is 0 Å². The molecule has 3 aromatic rings. The molecule has 0 aliphatic rings. The number of aromatic nitrogens is 5. The molecule has 2 heterocycles. The van der Waals surface area contributed by atoms with Crippen molar-refractivity contribution in [1.82, 2.24) is 24.5 Å². The van der Waals surface area contributed by atoms with Crippen molar-refractivity contribution in [3.63, 3.8) is 0 Å². The Hall–Kier alpha value is -2.98. The third-order valence-corrected chi connectivity index (χ3v) is 4.95. The van der Waals surface area contributed by atoms with Crippen molar-refractivity contribution in [2.75, 3.05) is 5.32 Å². The van der Waals surface area contributed by atoms with Crippen molar-refractivity contribution < 1.29 is 9.72 Å². The van der Waals surface area contributed by atoms with Crippen LogP contribution in [-0.4, -0.2) is 35.4 Å². The van der Waals surface area contributed by atoms with Gasteiger partial charge in [0.15, 0.2) is 0 Å².